The molecule has 1 aliphatic heterocycles. The van der Waals surface area contributed by atoms with Crippen LogP contribution in [-0.2, 0) is 6.54 Å². The molecule has 7 heteroatoms. The molecular formula is C28H23FN4O2. The quantitative estimate of drug-likeness (QED) is 0.456. The van der Waals surface area contributed by atoms with Gasteiger partial charge in [-0.2, -0.15) is 5.26 Å². The standard InChI is InChI=1S/C28H23FN4O2/c29-22-12-10-21(11-13-22)27(34)32-16-14-31(15-17-32)26-23-8-4-5-9-25(23)33(28(35)24(26)18-30)19-20-6-2-1-3-7-20/h1-13H,14-17,19H2. The smallest absolute Gasteiger partial charge is 0.271 e. The molecule has 0 radical (unpaired) electrons. The molecule has 0 N–H and O–H groups in total. The molecule has 1 saturated heterocycles. The van der Waals surface area contributed by atoms with Crippen LogP contribution in [0.25, 0.3) is 10.9 Å². The van der Waals surface area contributed by atoms with Crippen molar-refractivity contribution < 1.29 is 9.18 Å². The maximum absolute atomic E-state index is 13.5. The summed E-state index contributed by atoms with van der Waals surface area (Å²) >= 11 is 0. The molecule has 0 spiro atoms. The Morgan fingerprint density at radius 1 is 0.886 bits per heavy atom. The van der Waals surface area contributed by atoms with Crippen LogP contribution in [0.2, 0.25) is 0 Å². The number of nitrogens with zero attached hydrogens (tertiary/aromatic N) is 4. The van der Waals surface area contributed by atoms with Crippen LogP contribution in [0.3, 0.4) is 0 Å². The fourth-order valence-electron chi connectivity index (χ4n) is 4.65. The fourth-order valence-corrected chi connectivity index (χ4v) is 4.65. The summed E-state index contributed by atoms with van der Waals surface area (Å²) in [6.45, 7) is 2.20. The van der Waals surface area contributed by atoms with Crippen LogP contribution in [-0.4, -0.2) is 41.6 Å². The first-order chi connectivity index (χ1) is 17.1. The summed E-state index contributed by atoms with van der Waals surface area (Å²) in [7, 11) is 0. The Balaban J connectivity index is 1.48. The number of pyridine rings is 1. The number of nitriles is 1. The average molecular weight is 467 g/mol. The lowest BCUT2D eigenvalue weighted by molar-refractivity contribution is 0.0747. The Morgan fingerprint density at radius 2 is 1.54 bits per heavy atom. The van der Waals surface area contributed by atoms with E-state index in [1.165, 1.54) is 24.3 Å². The SMILES string of the molecule is N#Cc1c(N2CCN(C(=O)c3ccc(F)cc3)CC2)c2ccccc2n(Cc2ccccc2)c1=O. The molecule has 35 heavy (non-hydrogen) atoms. The van der Waals surface area contributed by atoms with E-state index in [1.807, 2.05) is 59.5 Å². The minimum absolute atomic E-state index is 0.109. The molecule has 1 amide bonds. The molecule has 0 unspecified atom stereocenters. The van der Waals surface area contributed by atoms with E-state index >= 15 is 0 Å². The van der Waals surface area contributed by atoms with E-state index in [0.717, 1.165) is 16.5 Å². The van der Waals surface area contributed by atoms with Gasteiger partial charge >= 0.3 is 0 Å². The molecule has 0 aliphatic carbocycles. The molecule has 3 aromatic carbocycles. The van der Waals surface area contributed by atoms with E-state index in [1.54, 1.807) is 9.47 Å². The molecule has 5 rings (SSSR count). The van der Waals surface area contributed by atoms with Crippen LogP contribution < -0.4 is 10.5 Å². The molecule has 1 fully saturated rings. The summed E-state index contributed by atoms with van der Waals surface area (Å²) in [4.78, 5) is 30.1. The fraction of sp³-hybridized carbons (Fsp3) is 0.179. The lowest BCUT2D eigenvalue weighted by Crippen LogP contribution is -2.49. The van der Waals surface area contributed by atoms with Crippen LogP contribution in [0.15, 0.2) is 83.7 Å². The van der Waals surface area contributed by atoms with Crippen molar-refractivity contribution in [3.8, 4) is 6.07 Å². The van der Waals surface area contributed by atoms with Crippen LogP contribution >= 0.6 is 0 Å². The Kier molecular flexibility index (Phi) is 6.02. The average Bonchev–Trinajstić information content (AvgIpc) is 2.90. The normalized spacial score (nSPS) is 13.6. The van der Waals surface area contributed by atoms with Crippen LogP contribution in [0.4, 0.5) is 10.1 Å². The number of halogens is 1. The third-order valence-corrected chi connectivity index (χ3v) is 6.42. The molecule has 0 bridgehead atoms. The number of hydrogen-bond acceptors (Lipinski definition) is 4. The van der Waals surface area contributed by atoms with Crippen molar-refractivity contribution in [1.82, 2.24) is 9.47 Å². The number of carbonyl (C=O) groups is 1. The number of anilines is 1. The maximum atomic E-state index is 13.5. The third kappa shape index (κ3) is 4.26. The van der Waals surface area contributed by atoms with E-state index in [0.29, 0.717) is 44.0 Å². The van der Waals surface area contributed by atoms with E-state index in [2.05, 4.69) is 6.07 Å². The molecule has 6 nitrogen and oxygen atoms in total. The first kappa shape index (κ1) is 22.4. The Bertz CT molecular complexity index is 1480. The molecule has 0 saturated carbocycles. The first-order valence-electron chi connectivity index (χ1n) is 11.5. The number of fused-ring (bicyclic) bond motifs is 1. The predicted molar refractivity (Wildman–Crippen MR) is 133 cm³/mol. The summed E-state index contributed by atoms with van der Waals surface area (Å²) in [5.41, 5.74) is 2.58. The summed E-state index contributed by atoms with van der Waals surface area (Å²) < 4.78 is 14.9. The summed E-state index contributed by atoms with van der Waals surface area (Å²) in [6, 6.07) is 25.0. The van der Waals surface area contributed by atoms with Gasteiger partial charge in [0, 0.05) is 37.1 Å². The van der Waals surface area contributed by atoms with Gasteiger partial charge in [-0.15, -0.1) is 0 Å². The summed E-state index contributed by atoms with van der Waals surface area (Å²) in [5, 5.41) is 10.8. The van der Waals surface area contributed by atoms with Crippen LogP contribution in [0.5, 0.6) is 0 Å². The van der Waals surface area contributed by atoms with Crippen molar-refractivity contribution in [2.45, 2.75) is 6.54 Å². The zero-order valence-corrected chi connectivity index (χ0v) is 19.0. The molecule has 2 heterocycles. The van der Waals surface area contributed by atoms with Crippen molar-refractivity contribution in [2.24, 2.45) is 0 Å². The molecule has 0 atom stereocenters. The lowest BCUT2D eigenvalue weighted by atomic mass is 10.1. The van der Waals surface area contributed by atoms with E-state index in [-0.39, 0.29) is 22.8 Å². The number of aromatic nitrogens is 1. The Labute approximate surface area is 202 Å². The number of benzene rings is 3. The lowest BCUT2D eigenvalue weighted by Gasteiger charge is -2.37. The van der Waals surface area contributed by atoms with Gasteiger partial charge in [-0.25, -0.2) is 4.39 Å². The molecule has 4 aromatic rings. The van der Waals surface area contributed by atoms with Crippen LogP contribution in [0, 0.1) is 17.1 Å². The van der Waals surface area contributed by atoms with Crippen molar-refractivity contribution in [2.75, 3.05) is 31.1 Å². The van der Waals surface area contributed by atoms with Gasteiger partial charge in [-0.1, -0.05) is 48.5 Å². The highest BCUT2D eigenvalue weighted by atomic mass is 19.1. The van der Waals surface area contributed by atoms with Crippen molar-refractivity contribution in [3.63, 3.8) is 0 Å². The van der Waals surface area contributed by atoms with Crippen LogP contribution in [0.1, 0.15) is 21.5 Å². The minimum atomic E-state index is -0.385. The summed E-state index contributed by atoms with van der Waals surface area (Å²) in [5.74, 6) is -0.544. The highest BCUT2D eigenvalue weighted by Crippen LogP contribution is 2.30. The van der Waals surface area contributed by atoms with E-state index in [9.17, 15) is 19.2 Å². The number of rotatable bonds is 4. The second kappa shape index (κ2) is 9.43. The largest absolute Gasteiger partial charge is 0.366 e. The van der Waals surface area contributed by atoms with Gasteiger partial charge in [0.25, 0.3) is 11.5 Å². The number of hydrogen-bond donors (Lipinski definition) is 0. The Hall–Kier alpha value is -4.44. The molecular weight excluding hydrogens is 443 g/mol. The third-order valence-electron chi connectivity index (χ3n) is 6.42. The highest BCUT2D eigenvalue weighted by molar-refractivity contribution is 5.96. The van der Waals surface area contributed by atoms with Gasteiger partial charge in [0.1, 0.15) is 17.4 Å². The second-order valence-electron chi connectivity index (χ2n) is 8.52. The van der Waals surface area contributed by atoms with Gasteiger partial charge in [0.2, 0.25) is 0 Å². The van der Waals surface area contributed by atoms with E-state index in [4.69, 9.17) is 0 Å². The predicted octanol–water partition coefficient (Wildman–Crippen LogP) is 4.02. The number of carbonyl (C=O) groups excluding carboxylic acids is 1. The monoisotopic (exact) mass is 466 g/mol. The van der Waals surface area contributed by atoms with E-state index < -0.39 is 0 Å². The number of para-hydroxylation sites is 1. The number of amides is 1. The number of piperazine rings is 1. The zero-order chi connectivity index (χ0) is 24.4. The van der Waals surface area contributed by atoms with Gasteiger partial charge < -0.3 is 14.4 Å². The Morgan fingerprint density at radius 3 is 2.23 bits per heavy atom. The molecule has 1 aromatic heterocycles. The topological polar surface area (TPSA) is 69.3 Å². The van der Waals surface area contributed by atoms with Crippen molar-refractivity contribution in [3.05, 3.63) is 112 Å². The van der Waals surface area contributed by atoms with Crippen molar-refractivity contribution in [1.29, 1.82) is 5.26 Å². The highest BCUT2D eigenvalue weighted by Gasteiger charge is 2.27. The molecule has 1 aliphatic rings. The van der Waals surface area contributed by atoms with Crippen molar-refractivity contribution >= 4 is 22.5 Å². The summed E-state index contributed by atoms with van der Waals surface area (Å²) in [6.07, 6.45) is 0. The first-order valence-corrected chi connectivity index (χ1v) is 11.5. The second-order valence-corrected chi connectivity index (χ2v) is 8.52. The van der Waals surface area contributed by atoms with Gasteiger partial charge in [0.15, 0.2) is 0 Å². The minimum Gasteiger partial charge on any atom is -0.366 e. The zero-order valence-electron chi connectivity index (χ0n) is 19.0. The maximum Gasteiger partial charge on any atom is 0.271 e. The van der Waals surface area contributed by atoms with Gasteiger partial charge in [-0.05, 0) is 35.9 Å². The van der Waals surface area contributed by atoms with Gasteiger partial charge in [-0.3, -0.25) is 9.59 Å². The molecule has 174 valence electrons. The van der Waals surface area contributed by atoms with Gasteiger partial charge in [0.05, 0.1) is 17.7 Å².